The van der Waals surface area contributed by atoms with E-state index in [0.717, 1.165) is 6.08 Å². The normalized spacial score (nSPS) is 9.91. The van der Waals surface area contributed by atoms with Crippen LogP contribution in [0.2, 0.25) is 0 Å². The van der Waals surface area contributed by atoms with Crippen molar-refractivity contribution in [3.8, 4) is 0 Å². The summed E-state index contributed by atoms with van der Waals surface area (Å²) in [7, 11) is 0. The van der Waals surface area contributed by atoms with Crippen LogP contribution < -0.4 is 0 Å². The Kier molecular flexibility index (Phi) is 3.80. The van der Waals surface area contributed by atoms with Gasteiger partial charge >= 0.3 is 5.97 Å². The number of carboxylic acid groups (broad SMARTS) is 1. The third-order valence-corrected chi connectivity index (χ3v) is 0.835. The molecule has 1 N–H and O–H groups in total. The van der Waals surface area contributed by atoms with Crippen molar-refractivity contribution in [1.29, 1.82) is 0 Å². The molecule has 0 amide bonds. The van der Waals surface area contributed by atoms with E-state index in [-0.39, 0.29) is 12.2 Å². The van der Waals surface area contributed by atoms with Gasteiger partial charge in [-0.1, -0.05) is 0 Å². The molecule has 0 atom stereocenters. The quantitative estimate of drug-likeness (QED) is 0.465. The SMILES string of the molecule is CC(=O)CC(=O)/C=C\C(=O)O. The predicted molar refractivity (Wildman–Crippen MR) is 37.1 cm³/mol. The van der Waals surface area contributed by atoms with E-state index >= 15 is 0 Å². The van der Waals surface area contributed by atoms with Crippen molar-refractivity contribution >= 4 is 17.5 Å². The van der Waals surface area contributed by atoms with E-state index in [1.54, 1.807) is 0 Å². The number of ketones is 2. The van der Waals surface area contributed by atoms with Crippen LogP contribution in [0, 0.1) is 0 Å². The number of hydrogen-bond donors (Lipinski definition) is 1. The van der Waals surface area contributed by atoms with Gasteiger partial charge in [0.15, 0.2) is 5.78 Å². The third-order valence-electron chi connectivity index (χ3n) is 0.835. The fourth-order valence-corrected chi connectivity index (χ4v) is 0.469. The van der Waals surface area contributed by atoms with Gasteiger partial charge in [0.05, 0.1) is 6.42 Å². The zero-order chi connectivity index (χ0) is 8.85. The first-order valence-corrected chi connectivity index (χ1v) is 2.95. The number of carbonyl (C=O) groups is 3. The molecule has 0 aliphatic heterocycles. The molecule has 0 bridgehead atoms. The van der Waals surface area contributed by atoms with Crippen molar-refractivity contribution in [1.82, 2.24) is 0 Å². The van der Waals surface area contributed by atoms with Gasteiger partial charge in [-0.15, -0.1) is 0 Å². The Morgan fingerprint density at radius 3 is 2.18 bits per heavy atom. The van der Waals surface area contributed by atoms with Gasteiger partial charge in [0, 0.05) is 6.08 Å². The number of Topliss-reactive ketones (excluding diaryl/α,β-unsaturated/α-hetero) is 1. The average molecular weight is 156 g/mol. The molecule has 0 spiro atoms. The maximum absolute atomic E-state index is 10.6. The Bertz CT molecular complexity index is 214. The summed E-state index contributed by atoms with van der Waals surface area (Å²) in [6.45, 7) is 1.27. The Morgan fingerprint density at radius 1 is 1.27 bits per heavy atom. The van der Waals surface area contributed by atoms with Crippen molar-refractivity contribution in [2.24, 2.45) is 0 Å². The first-order valence-electron chi connectivity index (χ1n) is 2.95. The van der Waals surface area contributed by atoms with Gasteiger partial charge in [-0.25, -0.2) is 4.79 Å². The minimum atomic E-state index is -1.19. The second-order valence-electron chi connectivity index (χ2n) is 2.02. The molecule has 0 fully saturated rings. The van der Waals surface area contributed by atoms with E-state index in [9.17, 15) is 14.4 Å². The topological polar surface area (TPSA) is 71.4 Å². The molecule has 0 aromatic heterocycles. The van der Waals surface area contributed by atoms with Gasteiger partial charge in [-0.3, -0.25) is 9.59 Å². The van der Waals surface area contributed by atoms with Gasteiger partial charge < -0.3 is 5.11 Å². The van der Waals surface area contributed by atoms with Crippen LogP contribution in [0.15, 0.2) is 12.2 Å². The van der Waals surface area contributed by atoms with Gasteiger partial charge in [0.25, 0.3) is 0 Å². The number of allylic oxidation sites excluding steroid dienone is 1. The maximum atomic E-state index is 10.6. The standard InChI is InChI=1S/C7H8O4/c1-5(8)4-6(9)2-3-7(10)11/h2-3H,4H2,1H3,(H,10,11)/b3-2-. The van der Waals surface area contributed by atoms with Crippen LogP contribution in [-0.4, -0.2) is 22.6 Å². The summed E-state index contributed by atoms with van der Waals surface area (Å²) >= 11 is 0. The third kappa shape index (κ3) is 6.44. The first kappa shape index (κ1) is 9.55. The number of hydrogen-bond acceptors (Lipinski definition) is 3. The Balaban J connectivity index is 3.88. The zero-order valence-corrected chi connectivity index (χ0v) is 6.03. The van der Waals surface area contributed by atoms with Crippen LogP contribution in [0.3, 0.4) is 0 Å². The first-order chi connectivity index (χ1) is 5.02. The van der Waals surface area contributed by atoms with Crippen LogP contribution in [0.25, 0.3) is 0 Å². The molecule has 0 aromatic rings. The van der Waals surface area contributed by atoms with E-state index in [2.05, 4.69) is 0 Å². The van der Waals surface area contributed by atoms with Crippen LogP contribution in [-0.2, 0) is 14.4 Å². The highest BCUT2D eigenvalue weighted by Gasteiger charge is 2.00. The molecule has 0 rings (SSSR count). The monoisotopic (exact) mass is 156 g/mol. The van der Waals surface area contributed by atoms with Crippen LogP contribution in [0.1, 0.15) is 13.3 Å². The smallest absolute Gasteiger partial charge is 0.328 e. The molecule has 0 saturated carbocycles. The van der Waals surface area contributed by atoms with Gasteiger partial charge in [0.1, 0.15) is 5.78 Å². The molecule has 4 heteroatoms. The lowest BCUT2D eigenvalue weighted by atomic mass is 10.2. The molecule has 60 valence electrons. The minimum Gasteiger partial charge on any atom is -0.478 e. The van der Waals surface area contributed by atoms with E-state index in [0.29, 0.717) is 6.08 Å². The number of aliphatic carboxylic acids is 1. The highest BCUT2D eigenvalue weighted by Crippen LogP contribution is 1.86. The maximum Gasteiger partial charge on any atom is 0.328 e. The molecule has 0 heterocycles. The summed E-state index contributed by atoms with van der Waals surface area (Å²) in [5.41, 5.74) is 0. The number of rotatable bonds is 4. The Hall–Kier alpha value is -1.45. The largest absolute Gasteiger partial charge is 0.478 e. The Morgan fingerprint density at radius 2 is 1.82 bits per heavy atom. The molecule has 0 saturated heterocycles. The molecular weight excluding hydrogens is 148 g/mol. The second kappa shape index (κ2) is 4.38. The molecule has 0 aliphatic rings. The molecular formula is C7H8O4. The molecule has 0 radical (unpaired) electrons. The zero-order valence-electron chi connectivity index (χ0n) is 6.03. The van der Waals surface area contributed by atoms with E-state index in [1.165, 1.54) is 6.92 Å². The average Bonchev–Trinajstić information content (AvgIpc) is 1.82. The van der Waals surface area contributed by atoms with Crippen LogP contribution in [0.4, 0.5) is 0 Å². The summed E-state index contributed by atoms with van der Waals surface area (Å²) in [6, 6.07) is 0. The summed E-state index contributed by atoms with van der Waals surface area (Å²) in [5.74, 6) is -1.95. The van der Waals surface area contributed by atoms with Crippen LogP contribution >= 0.6 is 0 Å². The lowest BCUT2D eigenvalue weighted by molar-refractivity contribution is -0.132. The fraction of sp³-hybridized carbons (Fsp3) is 0.286. The lowest BCUT2D eigenvalue weighted by Crippen LogP contribution is -2.01. The predicted octanol–water partition coefficient (Wildman–Crippen LogP) is 0.175. The van der Waals surface area contributed by atoms with Gasteiger partial charge in [-0.05, 0) is 13.0 Å². The summed E-state index contributed by atoms with van der Waals surface area (Å²) < 4.78 is 0. The fourth-order valence-electron chi connectivity index (χ4n) is 0.469. The van der Waals surface area contributed by atoms with Crippen molar-refractivity contribution in [2.45, 2.75) is 13.3 Å². The molecule has 0 aromatic carbocycles. The summed E-state index contributed by atoms with van der Waals surface area (Å²) in [6.07, 6.45) is 1.36. The number of carboxylic acids is 1. The number of carbonyl (C=O) groups excluding carboxylic acids is 2. The highest BCUT2D eigenvalue weighted by atomic mass is 16.4. The van der Waals surface area contributed by atoms with Crippen molar-refractivity contribution in [3.63, 3.8) is 0 Å². The van der Waals surface area contributed by atoms with Crippen molar-refractivity contribution in [3.05, 3.63) is 12.2 Å². The highest BCUT2D eigenvalue weighted by molar-refractivity contribution is 6.05. The molecule has 11 heavy (non-hydrogen) atoms. The second-order valence-corrected chi connectivity index (χ2v) is 2.02. The Labute approximate surface area is 63.5 Å². The molecule has 0 aliphatic carbocycles. The van der Waals surface area contributed by atoms with Crippen molar-refractivity contribution < 1.29 is 19.5 Å². The van der Waals surface area contributed by atoms with E-state index in [1.807, 2.05) is 0 Å². The summed E-state index contributed by atoms with van der Waals surface area (Å²) in [4.78, 5) is 30.7. The van der Waals surface area contributed by atoms with Crippen molar-refractivity contribution in [2.75, 3.05) is 0 Å². The van der Waals surface area contributed by atoms with Gasteiger partial charge in [-0.2, -0.15) is 0 Å². The van der Waals surface area contributed by atoms with E-state index in [4.69, 9.17) is 5.11 Å². The molecule has 0 unspecified atom stereocenters. The lowest BCUT2D eigenvalue weighted by Gasteiger charge is -1.86. The van der Waals surface area contributed by atoms with Gasteiger partial charge in [0.2, 0.25) is 0 Å². The molecule has 4 nitrogen and oxygen atoms in total. The van der Waals surface area contributed by atoms with Crippen LogP contribution in [0.5, 0.6) is 0 Å². The summed E-state index contributed by atoms with van der Waals surface area (Å²) in [5, 5.41) is 8.07. The minimum absolute atomic E-state index is 0.232. The van der Waals surface area contributed by atoms with E-state index < -0.39 is 11.8 Å².